The highest BCUT2D eigenvalue weighted by Gasteiger charge is 2.16. The molecule has 2 aromatic heterocycles. The van der Waals surface area contributed by atoms with Crippen molar-refractivity contribution in [2.75, 3.05) is 31.2 Å². The summed E-state index contributed by atoms with van der Waals surface area (Å²) in [5, 5.41) is 0.956. The monoisotopic (exact) mass is 448 g/mol. The highest BCUT2D eigenvalue weighted by atomic mass is 35.5. The Morgan fingerprint density at radius 3 is 2.72 bits per heavy atom. The zero-order valence-corrected chi connectivity index (χ0v) is 18.0. The third-order valence-electron chi connectivity index (χ3n) is 5.35. The predicted octanol–water partition coefficient (Wildman–Crippen LogP) is 4.05. The molecule has 8 heteroatoms. The molecule has 0 atom stereocenters. The average molecular weight is 449 g/mol. The Labute approximate surface area is 189 Å². The van der Waals surface area contributed by atoms with Gasteiger partial charge in [-0.05, 0) is 48.0 Å². The molecule has 32 heavy (non-hydrogen) atoms. The van der Waals surface area contributed by atoms with E-state index in [1.165, 1.54) is 0 Å². The van der Waals surface area contributed by atoms with Gasteiger partial charge in [-0.1, -0.05) is 23.7 Å². The fraction of sp³-hybridized carbons (Fsp3) is 0.208. The molecule has 0 spiro atoms. The van der Waals surface area contributed by atoms with Gasteiger partial charge < -0.3 is 19.4 Å². The molecular formula is C24H21ClN4O3. The molecule has 1 saturated heterocycles. The highest BCUT2D eigenvalue weighted by Crippen LogP contribution is 2.30. The molecule has 4 aromatic rings. The number of aromatic nitrogens is 3. The van der Waals surface area contributed by atoms with E-state index in [-0.39, 0.29) is 12.2 Å². The molecule has 1 aliphatic heterocycles. The van der Waals surface area contributed by atoms with Crippen LogP contribution in [0.4, 0.5) is 5.82 Å². The van der Waals surface area contributed by atoms with Crippen LogP contribution < -0.4 is 15.2 Å². The fourth-order valence-electron chi connectivity index (χ4n) is 3.76. The van der Waals surface area contributed by atoms with Crippen molar-refractivity contribution >= 4 is 28.3 Å². The van der Waals surface area contributed by atoms with Gasteiger partial charge in [0, 0.05) is 29.9 Å². The number of hydrogen-bond acceptors (Lipinski definition) is 6. The van der Waals surface area contributed by atoms with Crippen molar-refractivity contribution in [1.82, 2.24) is 15.0 Å². The number of anilines is 1. The topological polar surface area (TPSA) is 80.3 Å². The molecular weight excluding hydrogens is 428 g/mol. The summed E-state index contributed by atoms with van der Waals surface area (Å²) >= 11 is 5.97. The Morgan fingerprint density at radius 2 is 1.91 bits per heavy atom. The summed E-state index contributed by atoms with van der Waals surface area (Å²) in [4.78, 5) is 26.4. The number of nitrogens with one attached hydrogen (secondary N) is 1. The zero-order chi connectivity index (χ0) is 21.9. The number of hydrogen-bond donors (Lipinski definition) is 1. The van der Waals surface area contributed by atoms with Crippen LogP contribution in [0.3, 0.4) is 0 Å². The first kappa shape index (κ1) is 20.5. The van der Waals surface area contributed by atoms with Crippen molar-refractivity contribution in [2.45, 2.75) is 6.61 Å². The van der Waals surface area contributed by atoms with Gasteiger partial charge in [-0.2, -0.15) is 0 Å². The summed E-state index contributed by atoms with van der Waals surface area (Å²) < 4.78 is 11.3. The Bertz CT molecular complexity index is 1300. The molecule has 5 rings (SSSR count). The highest BCUT2D eigenvalue weighted by molar-refractivity contribution is 6.31. The van der Waals surface area contributed by atoms with E-state index < -0.39 is 0 Å². The number of morpholine rings is 1. The van der Waals surface area contributed by atoms with Crippen LogP contribution in [-0.2, 0) is 11.3 Å². The van der Waals surface area contributed by atoms with Crippen LogP contribution >= 0.6 is 11.6 Å². The number of aromatic amines is 1. The molecule has 1 aliphatic rings. The summed E-state index contributed by atoms with van der Waals surface area (Å²) in [6, 6.07) is 16.9. The van der Waals surface area contributed by atoms with Gasteiger partial charge in [0.25, 0.3) is 5.56 Å². The first-order chi connectivity index (χ1) is 15.7. The zero-order valence-electron chi connectivity index (χ0n) is 17.3. The molecule has 0 aliphatic carbocycles. The minimum Gasteiger partial charge on any atom is -0.486 e. The maximum absolute atomic E-state index is 12.3. The standard InChI is InChI=1S/C24H21ClN4O3/c25-17-5-8-21-20(14-17)24(30)28-22(27-21)15-32-18-6-3-16(4-7-18)19-2-1-9-26-23(19)29-10-12-31-13-11-29/h1-9,14H,10-13,15H2,(H,27,28,30). The van der Waals surface area contributed by atoms with Gasteiger partial charge in [-0.3, -0.25) is 4.79 Å². The molecule has 7 nitrogen and oxygen atoms in total. The van der Waals surface area contributed by atoms with E-state index in [9.17, 15) is 4.79 Å². The van der Waals surface area contributed by atoms with Crippen LogP contribution in [0.2, 0.25) is 5.02 Å². The van der Waals surface area contributed by atoms with Gasteiger partial charge >= 0.3 is 0 Å². The number of fused-ring (bicyclic) bond motifs is 1. The second-order valence-electron chi connectivity index (χ2n) is 7.46. The van der Waals surface area contributed by atoms with Crippen molar-refractivity contribution in [2.24, 2.45) is 0 Å². The lowest BCUT2D eigenvalue weighted by Gasteiger charge is -2.29. The number of benzene rings is 2. The molecule has 0 bridgehead atoms. The SMILES string of the molecule is O=c1[nH]c(COc2ccc(-c3cccnc3N3CCOCC3)cc2)nc2ccc(Cl)cc12. The van der Waals surface area contributed by atoms with Gasteiger partial charge in [0.1, 0.15) is 24.0 Å². The third-order valence-corrected chi connectivity index (χ3v) is 5.59. The van der Waals surface area contributed by atoms with E-state index in [2.05, 4.69) is 25.9 Å². The summed E-state index contributed by atoms with van der Waals surface area (Å²) in [6.45, 7) is 3.23. The van der Waals surface area contributed by atoms with Crippen molar-refractivity contribution < 1.29 is 9.47 Å². The maximum atomic E-state index is 12.3. The molecule has 2 aromatic carbocycles. The second kappa shape index (κ2) is 8.98. The molecule has 162 valence electrons. The smallest absolute Gasteiger partial charge is 0.258 e. The number of rotatable bonds is 5. The molecule has 0 unspecified atom stereocenters. The normalized spacial score (nSPS) is 14.0. The predicted molar refractivity (Wildman–Crippen MR) is 124 cm³/mol. The van der Waals surface area contributed by atoms with E-state index in [1.807, 2.05) is 36.5 Å². The lowest BCUT2D eigenvalue weighted by atomic mass is 10.1. The van der Waals surface area contributed by atoms with Gasteiger partial charge in [0.15, 0.2) is 0 Å². The number of nitrogens with zero attached hydrogens (tertiary/aromatic N) is 3. The molecule has 1 fully saturated rings. The van der Waals surface area contributed by atoms with E-state index in [0.29, 0.717) is 40.7 Å². The molecule has 3 heterocycles. The van der Waals surface area contributed by atoms with Crippen LogP contribution in [0.1, 0.15) is 5.82 Å². The summed E-state index contributed by atoms with van der Waals surface area (Å²) in [5.74, 6) is 2.10. The molecule has 0 saturated carbocycles. The van der Waals surface area contributed by atoms with E-state index >= 15 is 0 Å². The van der Waals surface area contributed by atoms with E-state index in [4.69, 9.17) is 21.1 Å². The number of pyridine rings is 1. The first-order valence-electron chi connectivity index (χ1n) is 10.4. The summed E-state index contributed by atoms with van der Waals surface area (Å²) in [5.41, 5.74) is 2.47. The molecule has 1 N–H and O–H groups in total. The van der Waals surface area contributed by atoms with E-state index in [0.717, 1.165) is 30.0 Å². The Hall–Kier alpha value is -3.42. The van der Waals surface area contributed by atoms with Crippen LogP contribution in [0, 0.1) is 0 Å². The van der Waals surface area contributed by atoms with Crippen LogP contribution in [0.15, 0.2) is 65.6 Å². The lowest BCUT2D eigenvalue weighted by molar-refractivity contribution is 0.122. The van der Waals surface area contributed by atoms with Crippen LogP contribution in [0.5, 0.6) is 5.75 Å². The first-order valence-corrected chi connectivity index (χ1v) is 10.7. The van der Waals surface area contributed by atoms with Gasteiger partial charge in [0.2, 0.25) is 0 Å². The number of H-pyrrole nitrogens is 1. The second-order valence-corrected chi connectivity index (χ2v) is 7.90. The molecule has 0 radical (unpaired) electrons. The van der Waals surface area contributed by atoms with Gasteiger partial charge in [0.05, 0.1) is 24.1 Å². The summed E-state index contributed by atoms with van der Waals surface area (Å²) in [7, 11) is 0. The average Bonchev–Trinajstić information content (AvgIpc) is 2.84. The Kier molecular flexibility index (Phi) is 5.75. The lowest BCUT2D eigenvalue weighted by Crippen LogP contribution is -2.37. The van der Waals surface area contributed by atoms with Crippen molar-refractivity contribution in [3.63, 3.8) is 0 Å². The van der Waals surface area contributed by atoms with Crippen LogP contribution in [-0.4, -0.2) is 41.3 Å². The minimum atomic E-state index is -0.237. The minimum absolute atomic E-state index is 0.152. The maximum Gasteiger partial charge on any atom is 0.258 e. The Balaban J connectivity index is 1.33. The van der Waals surface area contributed by atoms with Crippen molar-refractivity contribution in [3.05, 3.63) is 82.0 Å². The van der Waals surface area contributed by atoms with Crippen molar-refractivity contribution in [1.29, 1.82) is 0 Å². The van der Waals surface area contributed by atoms with Crippen LogP contribution in [0.25, 0.3) is 22.0 Å². The van der Waals surface area contributed by atoms with Gasteiger partial charge in [-0.15, -0.1) is 0 Å². The number of ether oxygens (including phenoxy) is 2. The quantitative estimate of drug-likeness (QED) is 0.496. The number of halogens is 1. The Morgan fingerprint density at radius 1 is 1.09 bits per heavy atom. The largest absolute Gasteiger partial charge is 0.486 e. The molecule has 0 amide bonds. The fourth-order valence-corrected chi connectivity index (χ4v) is 3.93. The third kappa shape index (κ3) is 4.30. The van der Waals surface area contributed by atoms with Gasteiger partial charge in [-0.25, -0.2) is 9.97 Å². The summed E-state index contributed by atoms with van der Waals surface area (Å²) in [6.07, 6.45) is 1.82. The van der Waals surface area contributed by atoms with E-state index in [1.54, 1.807) is 18.2 Å². The van der Waals surface area contributed by atoms with Crippen molar-refractivity contribution in [3.8, 4) is 16.9 Å².